The van der Waals surface area contributed by atoms with E-state index in [1.165, 1.54) is 5.56 Å². The molecule has 0 amide bonds. The van der Waals surface area contributed by atoms with Crippen LogP contribution in [0.5, 0.6) is 0 Å². The van der Waals surface area contributed by atoms with Crippen molar-refractivity contribution in [3.63, 3.8) is 0 Å². The van der Waals surface area contributed by atoms with Crippen LogP contribution in [0.1, 0.15) is 25.0 Å². The van der Waals surface area contributed by atoms with E-state index < -0.39 is 0 Å². The van der Waals surface area contributed by atoms with E-state index in [2.05, 4.69) is 80.6 Å². The number of fused-ring (bicyclic) bond motifs is 3. The summed E-state index contributed by atoms with van der Waals surface area (Å²) in [5.41, 5.74) is 9.42. The van der Waals surface area contributed by atoms with Gasteiger partial charge in [-0.05, 0) is 11.6 Å². The molecule has 0 aliphatic heterocycles. The fourth-order valence-corrected chi connectivity index (χ4v) is 4.83. The van der Waals surface area contributed by atoms with Crippen molar-refractivity contribution in [2.24, 2.45) is 0 Å². The van der Waals surface area contributed by atoms with Crippen LogP contribution >= 0.6 is 0 Å². The van der Waals surface area contributed by atoms with Gasteiger partial charge in [0, 0.05) is 39.4 Å². The second kappa shape index (κ2) is 7.49. The molecule has 0 saturated carbocycles. The minimum Gasteiger partial charge on any atom is -0.256 e. The lowest BCUT2D eigenvalue weighted by molar-refractivity contribution is 0.657. The first-order valence-corrected chi connectivity index (χ1v) is 11.2. The molecule has 158 valence electrons. The average molecular weight is 426 g/mol. The molecule has 3 heteroatoms. The highest BCUT2D eigenvalue weighted by atomic mass is 14.9. The van der Waals surface area contributed by atoms with E-state index in [4.69, 9.17) is 15.0 Å². The van der Waals surface area contributed by atoms with Crippen LogP contribution < -0.4 is 0 Å². The summed E-state index contributed by atoms with van der Waals surface area (Å²) in [4.78, 5) is 15.0. The lowest BCUT2D eigenvalue weighted by atomic mass is 9.80. The minimum atomic E-state index is -0.252. The molecule has 0 atom stereocenters. The molecular weight excluding hydrogens is 402 g/mol. The minimum absolute atomic E-state index is 0.252. The van der Waals surface area contributed by atoms with Gasteiger partial charge in [-0.15, -0.1) is 0 Å². The zero-order valence-electron chi connectivity index (χ0n) is 18.7. The van der Waals surface area contributed by atoms with E-state index in [0.29, 0.717) is 0 Å². The smallest absolute Gasteiger partial charge is 0.160 e. The van der Waals surface area contributed by atoms with Gasteiger partial charge in [-0.2, -0.15) is 0 Å². The lowest BCUT2D eigenvalue weighted by Gasteiger charge is -2.24. The fraction of sp³-hybridized carbons (Fsp3) is 0.100. The van der Waals surface area contributed by atoms with Crippen LogP contribution in [0.15, 0.2) is 103 Å². The normalized spacial score (nSPS) is 13.4. The van der Waals surface area contributed by atoms with Crippen LogP contribution in [-0.2, 0) is 5.41 Å². The molecule has 0 bridgehead atoms. The van der Waals surface area contributed by atoms with Gasteiger partial charge in [0.15, 0.2) is 5.82 Å². The van der Waals surface area contributed by atoms with E-state index in [1.54, 1.807) is 0 Å². The van der Waals surface area contributed by atoms with E-state index >= 15 is 0 Å². The van der Waals surface area contributed by atoms with Crippen LogP contribution in [0.2, 0.25) is 0 Å². The highest BCUT2D eigenvalue weighted by molar-refractivity contribution is 5.86. The molecular formula is C30H23N3. The van der Waals surface area contributed by atoms with Gasteiger partial charge < -0.3 is 0 Å². The van der Waals surface area contributed by atoms with Crippen LogP contribution in [-0.4, -0.2) is 15.0 Å². The van der Waals surface area contributed by atoms with Gasteiger partial charge in [-0.1, -0.05) is 105 Å². The highest BCUT2D eigenvalue weighted by Crippen LogP contribution is 2.51. The highest BCUT2D eigenvalue weighted by Gasteiger charge is 2.40. The Balaban J connectivity index is 1.62. The second-order valence-corrected chi connectivity index (χ2v) is 8.96. The molecule has 2 aromatic heterocycles. The van der Waals surface area contributed by atoms with Crippen molar-refractivity contribution in [2.75, 3.05) is 0 Å². The maximum absolute atomic E-state index is 5.11. The first kappa shape index (κ1) is 19.6. The Kier molecular flexibility index (Phi) is 4.44. The van der Waals surface area contributed by atoms with Crippen molar-refractivity contribution in [3.05, 3.63) is 114 Å². The number of rotatable bonds is 3. The lowest BCUT2D eigenvalue weighted by Crippen LogP contribution is -2.17. The second-order valence-electron chi connectivity index (χ2n) is 8.96. The molecule has 3 nitrogen and oxygen atoms in total. The molecule has 0 fully saturated rings. The first-order valence-electron chi connectivity index (χ1n) is 11.2. The van der Waals surface area contributed by atoms with Gasteiger partial charge in [0.05, 0.1) is 17.1 Å². The Hall–Kier alpha value is -4.11. The standard InChI is InChI=1S/C30H23N3/c1-30(2)24-18-25(20-12-6-3-7-13-20)31-19-23(24)28-26(30)27(21-14-8-4-9-15-21)32-29(33-28)22-16-10-5-11-17-22/h3-19H,1-2H3. The summed E-state index contributed by atoms with van der Waals surface area (Å²) in [7, 11) is 0. The topological polar surface area (TPSA) is 38.7 Å². The summed E-state index contributed by atoms with van der Waals surface area (Å²) in [5, 5.41) is 0. The van der Waals surface area contributed by atoms with Crippen molar-refractivity contribution < 1.29 is 0 Å². The molecule has 3 aromatic carbocycles. The van der Waals surface area contributed by atoms with Crippen molar-refractivity contribution in [2.45, 2.75) is 19.3 Å². The predicted molar refractivity (Wildman–Crippen MR) is 134 cm³/mol. The molecule has 0 radical (unpaired) electrons. The molecule has 1 aliphatic rings. The molecule has 33 heavy (non-hydrogen) atoms. The van der Waals surface area contributed by atoms with Gasteiger partial charge in [0.1, 0.15) is 0 Å². The van der Waals surface area contributed by atoms with Gasteiger partial charge in [-0.25, -0.2) is 9.97 Å². The maximum atomic E-state index is 5.11. The largest absolute Gasteiger partial charge is 0.256 e. The fourth-order valence-electron chi connectivity index (χ4n) is 4.83. The van der Waals surface area contributed by atoms with Gasteiger partial charge in [-0.3, -0.25) is 4.98 Å². The van der Waals surface area contributed by atoms with Crippen molar-refractivity contribution >= 4 is 0 Å². The summed E-state index contributed by atoms with van der Waals surface area (Å²) < 4.78 is 0. The van der Waals surface area contributed by atoms with Gasteiger partial charge in [0.25, 0.3) is 0 Å². The van der Waals surface area contributed by atoms with Crippen molar-refractivity contribution in [1.82, 2.24) is 15.0 Å². The Morgan fingerprint density at radius 2 is 1.15 bits per heavy atom. The monoisotopic (exact) mass is 425 g/mol. The number of benzene rings is 3. The molecule has 5 aromatic rings. The van der Waals surface area contributed by atoms with Crippen LogP contribution in [0.4, 0.5) is 0 Å². The zero-order chi connectivity index (χ0) is 22.4. The molecule has 1 aliphatic carbocycles. The number of pyridine rings is 1. The molecule has 0 saturated heterocycles. The third-order valence-electron chi connectivity index (χ3n) is 6.52. The predicted octanol–water partition coefficient (Wildman–Crippen LogP) is 7.18. The van der Waals surface area contributed by atoms with E-state index in [1.807, 2.05) is 36.5 Å². The Labute approximate surface area is 193 Å². The molecule has 6 rings (SSSR count). The summed E-state index contributed by atoms with van der Waals surface area (Å²) in [6, 6.07) is 33.2. The number of nitrogens with zero attached hydrogens (tertiary/aromatic N) is 3. The Bertz CT molecular complexity index is 1460. The molecule has 0 unspecified atom stereocenters. The van der Waals surface area contributed by atoms with Gasteiger partial charge in [0.2, 0.25) is 0 Å². The van der Waals surface area contributed by atoms with Crippen LogP contribution in [0.25, 0.3) is 45.2 Å². The average Bonchev–Trinajstić information content (AvgIpc) is 3.11. The molecule has 2 heterocycles. The molecule has 0 spiro atoms. The van der Waals surface area contributed by atoms with Crippen LogP contribution in [0, 0.1) is 0 Å². The Morgan fingerprint density at radius 1 is 0.606 bits per heavy atom. The summed E-state index contributed by atoms with van der Waals surface area (Å²) in [6.45, 7) is 4.54. The van der Waals surface area contributed by atoms with Crippen molar-refractivity contribution in [1.29, 1.82) is 0 Å². The zero-order valence-corrected chi connectivity index (χ0v) is 18.7. The maximum Gasteiger partial charge on any atom is 0.160 e. The quantitative estimate of drug-likeness (QED) is 0.307. The summed E-state index contributed by atoms with van der Waals surface area (Å²) in [5.74, 6) is 0.740. The summed E-state index contributed by atoms with van der Waals surface area (Å²) >= 11 is 0. The number of hydrogen-bond donors (Lipinski definition) is 0. The van der Waals surface area contributed by atoms with Crippen molar-refractivity contribution in [3.8, 4) is 45.2 Å². The summed E-state index contributed by atoms with van der Waals surface area (Å²) in [6.07, 6.45) is 1.99. The third kappa shape index (κ3) is 3.16. The number of hydrogen-bond acceptors (Lipinski definition) is 3. The van der Waals surface area contributed by atoms with Gasteiger partial charge >= 0.3 is 0 Å². The van der Waals surface area contributed by atoms with E-state index in [-0.39, 0.29) is 5.41 Å². The first-order chi connectivity index (χ1) is 16.1. The number of aromatic nitrogens is 3. The SMILES string of the molecule is CC1(C)c2cc(-c3ccccc3)ncc2-c2nc(-c3ccccc3)nc(-c3ccccc3)c21. The third-order valence-corrected chi connectivity index (χ3v) is 6.52. The Morgan fingerprint density at radius 3 is 1.79 bits per heavy atom. The van der Waals surface area contributed by atoms with E-state index in [0.717, 1.165) is 50.7 Å². The van der Waals surface area contributed by atoms with E-state index in [9.17, 15) is 0 Å². The van der Waals surface area contributed by atoms with Crippen LogP contribution in [0.3, 0.4) is 0 Å². The molecule has 0 N–H and O–H groups in total.